The zero-order valence-electron chi connectivity index (χ0n) is 10.6. The van der Waals surface area contributed by atoms with E-state index >= 15 is 0 Å². The Kier molecular flexibility index (Phi) is 6.35. The predicted octanol–water partition coefficient (Wildman–Crippen LogP) is 0.871. The Morgan fingerprint density at radius 3 is 2.83 bits per heavy atom. The zero-order valence-corrected chi connectivity index (χ0v) is 10.6. The number of carbonyl (C=O) groups is 1. The molecule has 5 nitrogen and oxygen atoms in total. The highest BCUT2D eigenvalue weighted by Gasteiger charge is 2.13. The number of rotatable bonds is 7. The fraction of sp³-hybridized carbons (Fsp3) is 0.462. The van der Waals surface area contributed by atoms with Crippen LogP contribution in [0.15, 0.2) is 24.3 Å². The Morgan fingerprint density at radius 2 is 2.22 bits per heavy atom. The van der Waals surface area contributed by atoms with Crippen molar-refractivity contribution in [1.29, 1.82) is 0 Å². The van der Waals surface area contributed by atoms with E-state index in [0.717, 1.165) is 0 Å². The van der Waals surface area contributed by atoms with E-state index < -0.39 is 0 Å². The first-order valence-electron chi connectivity index (χ1n) is 6.01. The van der Waals surface area contributed by atoms with Gasteiger partial charge >= 0.3 is 0 Å². The molecular formula is C13H20N2O3. The van der Waals surface area contributed by atoms with Gasteiger partial charge in [-0.1, -0.05) is 18.2 Å². The molecule has 0 spiro atoms. The molecule has 0 heterocycles. The molecule has 1 rings (SSSR count). The fourth-order valence-electron chi connectivity index (χ4n) is 1.63. The Labute approximate surface area is 107 Å². The van der Waals surface area contributed by atoms with Crippen molar-refractivity contribution >= 4 is 11.6 Å². The van der Waals surface area contributed by atoms with Crippen molar-refractivity contribution in [2.75, 3.05) is 18.5 Å². The van der Waals surface area contributed by atoms with Crippen molar-refractivity contribution < 1.29 is 14.6 Å². The summed E-state index contributed by atoms with van der Waals surface area (Å²) >= 11 is 0. The van der Waals surface area contributed by atoms with Crippen LogP contribution >= 0.6 is 0 Å². The van der Waals surface area contributed by atoms with Crippen molar-refractivity contribution in [3.63, 3.8) is 0 Å². The molecular weight excluding hydrogens is 232 g/mol. The largest absolute Gasteiger partial charge is 0.392 e. The number of para-hydroxylation sites is 1. The summed E-state index contributed by atoms with van der Waals surface area (Å²) in [6, 6.07) is 7.13. The van der Waals surface area contributed by atoms with Crippen molar-refractivity contribution in [1.82, 2.24) is 0 Å². The lowest BCUT2D eigenvalue weighted by molar-refractivity contribution is -0.118. The highest BCUT2D eigenvalue weighted by molar-refractivity contribution is 5.91. The minimum Gasteiger partial charge on any atom is -0.392 e. The van der Waals surface area contributed by atoms with Crippen LogP contribution in [0.25, 0.3) is 0 Å². The molecule has 4 N–H and O–H groups in total. The number of nitrogens with one attached hydrogen (secondary N) is 1. The Hall–Kier alpha value is -1.43. The zero-order chi connectivity index (χ0) is 13.4. The minimum absolute atomic E-state index is 0.109. The number of carbonyl (C=O) groups excluding carboxylic acids is 1. The van der Waals surface area contributed by atoms with Gasteiger partial charge in [-0.3, -0.25) is 4.79 Å². The molecule has 1 amide bonds. The number of aliphatic hydroxyl groups is 1. The molecule has 1 unspecified atom stereocenters. The average Bonchev–Trinajstić information content (AvgIpc) is 2.38. The lowest BCUT2D eigenvalue weighted by atomic mass is 10.1. The third-order valence-corrected chi connectivity index (χ3v) is 2.54. The van der Waals surface area contributed by atoms with Gasteiger partial charge in [0.05, 0.1) is 19.1 Å². The van der Waals surface area contributed by atoms with Gasteiger partial charge in [-0.25, -0.2) is 0 Å². The van der Waals surface area contributed by atoms with Crippen LogP contribution < -0.4 is 11.1 Å². The number of ether oxygens (including phenoxy) is 1. The van der Waals surface area contributed by atoms with Crippen LogP contribution in [0.2, 0.25) is 0 Å². The molecule has 0 saturated carbocycles. The maximum absolute atomic E-state index is 11.8. The molecule has 1 atom stereocenters. The second-order valence-corrected chi connectivity index (χ2v) is 3.88. The lowest BCUT2D eigenvalue weighted by Crippen LogP contribution is -2.29. The molecule has 18 heavy (non-hydrogen) atoms. The summed E-state index contributed by atoms with van der Waals surface area (Å²) in [6.45, 7) is 2.59. The topological polar surface area (TPSA) is 84.6 Å². The molecule has 0 aliphatic rings. The van der Waals surface area contributed by atoms with Crippen LogP contribution in [-0.4, -0.2) is 30.3 Å². The molecule has 0 fully saturated rings. The summed E-state index contributed by atoms with van der Waals surface area (Å²) in [6.07, 6.45) is -0.0549. The van der Waals surface area contributed by atoms with Gasteiger partial charge in [0.2, 0.25) is 5.91 Å². The van der Waals surface area contributed by atoms with E-state index in [0.29, 0.717) is 24.4 Å². The lowest BCUT2D eigenvalue weighted by Gasteiger charge is -2.15. The minimum atomic E-state index is -0.267. The van der Waals surface area contributed by atoms with Crippen molar-refractivity contribution in [2.24, 2.45) is 5.73 Å². The summed E-state index contributed by atoms with van der Waals surface area (Å²) in [4.78, 5) is 11.8. The number of benzene rings is 1. The predicted molar refractivity (Wildman–Crippen MR) is 70.1 cm³/mol. The molecule has 0 aliphatic carbocycles. The van der Waals surface area contributed by atoms with E-state index in [1.807, 2.05) is 13.0 Å². The molecule has 0 bridgehead atoms. The molecule has 1 aromatic carbocycles. The summed E-state index contributed by atoms with van der Waals surface area (Å²) in [5, 5.41) is 11.9. The van der Waals surface area contributed by atoms with Gasteiger partial charge in [-0.15, -0.1) is 0 Å². The van der Waals surface area contributed by atoms with E-state index in [4.69, 9.17) is 15.6 Å². The normalized spacial score (nSPS) is 12.2. The molecule has 1 aromatic rings. The third kappa shape index (κ3) is 4.44. The van der Waals surface area contributed by atoms with Crippen LogP contribution in [0, 0.1) is 0 Å². The molecule has 0 radical (unpaired) electrons. The third-order valence-electron chi connectivity index (χ3n) is 2.54. The number of aliphatic hydroxyl groups excluding tert-OH is 1. The van der Waals surface area contributed by atoms with Gasteiger partial charge < -0.3 is 20.9 Å². The maximum atomic E-state index is 11.8. The maximum Gasteiger partial charge on any atom is 0.227 e. The van der Waals surface area contributed by atoms with Crippen LogP contribution in [0.3, 0.4) is 0 Å². The van der Waals surface area contributed by atoms with E-state index in [2.05, 4.69) is 5.32 Å². The SMILES string of the molecule is CCOC(CN)CC(=O)Nc1ccccc1CO. The van der Waals surface area contributed by atoms with E-state index in [-0.39, 0.29) is 25.0 Å². The number of hydrogen-bond acceptors (Lipinski definition) is 4. The van der Waals surface area contributed by atoms with Crippen molar-refractivity contribution in [2.45, 2.75) is 26.1 Å². The first-order valence-corrected chi connectivity index (χ1v) is 6.01. The monoisotopic (exact) mass is 252 g/mol. The van der Waals surface area contributed by atoms with Gasteiger partial charge in [0.1, 0.15) is 0 Å². The fourth-order valence-corrected chi connectivity index (χ4v) is 1.63. The quantitative estimate of drug-likeness (QED) is 0.672. The second kappa shape index (κ2) is 7.81. The smallest absolute Gasteiger partial charge is 0.227 e. The van der Waals surface area contributed by atoms with Crippen molar-refractivity contribution in [3.05, 3.63) is 29.8 Å². The second-order valence-electron chi connectivity index (χ2n) is 3.88. The number of nitrogens with two attached hydrogens (primary N) is 1. The van der Waals surface area contributed by atoms with E-state index in [1.165, 1.54) is 0 Å². The first kappa shape index (κ1) is 14.6. The van der Waals surface area contributed by atoms with Crippen LogP contribution in [0.4, 0.5) is 5.69 Å². The van der Waals surface area contributed by atoms with Crippen molar-refractivity contribution in [3.8, 4) is 0 Å². The van der Waals surface area contributed by atoms with Gasteiger partial charge in [0.15, 0.2) is 0 Å². The standard InChI is InChI=1S/C13H20N2O3/c1-2-18-11(8-14)7-13(17)15-12-6-4-3-5-10(12)9-16/h3-6,11,16H,2,7-9,14H2,1H3,(H,15,17). The summed E-state index contributed by atoms with van der Waals surface area (Å²) in [7, 11) is 0. The van der Waals surface area contributed by atoms with E-state index in [9.17, 15) is 4.79 Å². The summed E-state index contributed by atoms with van der Waals surface area (Å²) in [5.41, 5.74) is 6.82. The Bertz CT molecular complexity index is 382. The summed E-state index contributed by atoms with van der Waals surface area (Å²) < 4.78 is 5.32. The molecule has 100 valence electrons. The first-order chi connectivity index (χ1) is 8.71. The Morgan fingerprint density at radius 1 is 1.50 bits per heavy atom. The van der Waals surface area contributed by atoms with E-state index in [1.54, 1.807) is 18.2 Å². The van der Waals surface area contributed by atoms with Gasteiger partial charge in [0.25, 0.3) is 0 Å². The van der Waals surface area contributed by atoms with Crippen LogP contribution in [0.1, 0.15) is 18.9 Å². The molecule has 0 aromatic heterocycles. The van der Waals surface area contributed by atoms with Gasteiger partial charge in [-0.05, 0) is 13.0 Å². The number of anilines is 1. The Balaban J connectivity index is 2.58. The van der Waals surface area contributed by atoms with Gasteiger partial charge in [0, 0.05) is 24.4 Å². The average molecular weight is 252 g/mol. The highest BCUT2D eigenvalue weighted by atomic mass is 16.5. The highest BCUT2D eigenvalue weighted by Crippen LogP contribution is 2.15. The molecule has 0 saturated heterocycles. The molecule has 5 heteroatoms. The summed E-state index contributed by atoms with van der Waals surface area (Å²) in [5.74, 6) is -0.167. The van der Waals surface area contributed by atoms with Crippen LogP contribution in [-0.2, 0) is 16.1 Å². The molecule has 0 aliphatic heterocycles. The van der Waals surface area contributed by atoms with Gasteiger partial charge in [-0.2, -0.15) is 0 Å². The number of amides is 1. The van der Waals surface area contributed by atoms with Crippen LogP contribution in [0.5, 0.6) is 0 Å². The number of hydrogen-bond donors (Lipinski definition) is 3.